The minimum absolute atomic E-state index is 0. The highest BCUT2D eigenvalue weighted by atomic mass is 35.5. The van der Waals surface area contributed by atoms with E-state index in [-0.39, 0.29) is 12.4 Å². The molecule has 0 saturated carbocycles. The molecule has 3 aromatic rings. The summed E-state index contributed by atoms with van der Waals surface area (Å²) in [5, 5.41) is 5.28. The van der Waals surface area contributed by atoms with Crippen molar-refractivity contribution in [2.45, 2.75) is 0 Å². The van der Waals surface area contributed by atoms with Gasteiger partial charge in [0.05, 0.1) is 5.52 Å². The van der Waals surface area contributed by atoms with Crippen molar-refractivity contribution in [3.8, 4) is 0 Å². The summed E-state index contributed by atoms with van der Waals surface area (Å²) < 4.78 is 0. The van der Waals surface area contributed by atoms with E-state index in [4.69, 9.17) is 0 Å². The number of rotatable bonds is 0. The second kappa shape index (κ2) is 6.99. The van der Waals surface area contributed by atoms with Gasteiger partial charge in [0.1, 0.15) is 0 Å². The molecule has 2 heterocycles. The second-order valence-corrected chi connectivity index (χ2v) is 3.81. The van der Waals surface area contributed by atoms with Crippen LogP contribution in [0.3, 0.4) is 0 Å². The monoisotopic (exact) mass is 249 g/mol. The summed E-state index contributed by atoms with van der Waals surface area (Å²) in [6, 6.07) is 16.1. The molecule has 0 aliphatic rings. The molecular weight excluding hydrogens is 238 g/mol. The Labute approximate surface area is 105 Å². The van der Waals surface area contributed by atoms with Crippen molar-refractivity contribution in [3.05, 3.63) is 65.5 Å². The summed E-state index contributed by atoms with van der Waals surface area (Å²) in [5.74, 6) is 0. The average molecular weight is 250 g/mol. The van der Waals surface area contributed by atoms with Crippen molar-refractivity contribution in [3.63, 3.8) is 0 Å². The minimum atomic E-state index is 0. The largest absolute Gasteiger partial charge is 0.256 e. The first-order chi connectivity index (χ1) is 7.47. The molecular formula is C13H12ClNS. The number of aromatic nitrogens is 1. The Morgan fingerprint density at radius 1 is 0.812 bits per heavy atom. The average Bonchev–Trinajstić information content (AvgIpc) is 2.88. The van der Waals surface area contributed by atoms with Crippen molar-refractivity contribution < 1.29 is 0 Å². The number of nitrogens with zero attached hydrogens (tertiary/aromatic N) is 1. The van der Waals surface area contributed by atoms with E-state index in [0.717, 1.165) is 5.52 Å². The fourth-order valence-corrected chi connectivity index (χ4v) is 1.70. The van der Waals surface area contributed by atoms with Gasteiger partial charge in [0.15, 0.2) is 0 Å². The van der Waals surface area contributed by atoms with E-state index in [1.165, 1.54) is 5.39 Å². The summed E-state index contributed by atoms with van der Waals surface area (Å²) in [5.41, 5.74) is 1.06. The Morgan fingerprint density at radius 3 is 2.12 bits per heavy atom. The number of thiophene rings is 1. The molecule has 3 heteroatoms. The molecule has 0 fully saturated rings. The Balaban J connectivity index is 0.000000183. The van der Waals surface area contributed by atoms with E-state index in [1.807, 2.05) is 53.4 Å². The maximum Gasteiger partial charge on any atom is 0.0701 e. The molecule has 0 bridgehead atoms. The van der Waals surface area contributed by atoms with Crippen LogP contribution < -0.4 is 0 Å². The summed E-state index contributed by atoms with van der Waals surface area (Å²) in [6.45, 7) is 0. The molecule has 82 valence electrons. The van der Waals surface area contributed by atoms with Crippen LogP contribution in [0.5, 0.6) is 0 Å². The summed E-state index contributed by atoms with van der Waals surface area (Å²) in [4.78, 5) is 4.18. The molecule has 16 heavy (non-hydrogen) atoms. The van der Waals surface area contributed by atoms with Crippen LogP contribution in [-0.2, 0) is 0 Å². The highest BCUT2D eigenvalue weighted by molar-refractivity contribution is 7.07. The zero-order valence-electron chi connectivity index (χ0n) is 8.61. The zero-order chi connectivity index (χ0) is 10.3. The molecule has 0 aliphatic heterocycles. The molecule has 0 unspecified atom stereocenters. The summed E-state index contributed by atoms with van der Waals surface area (Å²) in [7, 11) is 0. The quantitative estimate of drug-likeness (QED) is 0.575. The molecule has 0 radical (unpaired) electrons. The van der Waals surface area contributed by atoms with Crippen molar-refractivity contribution in [2.75, 3.05) is 0 Å². The number of pyridine rings is 1. The van der Waals surface area contributed by atoms with Crippen LogP contribution in [0.4, 0.5) is 0 Å². The van der Waals surface area contributed by atoms with E-state index in [0.29, 0.717) is 0 Å². The highest BCUT2D eigenvalue weighted by Gasteiger charge is 1.86. The van der Waals surface area contributed by atoms with Crippen molar-refractivity contribution >= 4 is 34.6 Å². The van der Waals surface area contributed by atoms with Crippen LogP contribution in [0.25, 0.3) is 10.9 Å². The number of hydrogen-bond donors (Lipinski definition) is 0. The Kier molecular flexibility index (Phi) is 5.54. The van der Waals surface area contributed by atoms with Crippen LogP contribution in [-0.4, -0.2) is 4.98 Å². The lowest BCUT2D eigenvalue weighted by atomic mass is 10.2. The standard InChI is InChI=1S/C9H7N.C4H4S.ClH/c1-2-6-9-8(4-1)5-3-7-10-9;1-2-4-5-3-1;/h1-7H;1-4H;1H. The Bertz CT molecular complexity index is 425. The van der Waals surface area contributed by atoms with Gasteiger partial charge >= 0.3 is 0 Å². The maximum absolute atomic E-state index is 4.18. The Morgan fingerprint density at radius 2 is 1.50 bits per heavy atom. The van der Waals surface area contributed by atoms with Gasteiger partial charge in [-0.05, 0) is 22.9 Å². The number of para-hydroxylation sites is 1. The summed E-state index contributed by atoms with van der Waals surface area (Å²) in [6.07, 6.45) is 1.81. The van der Waals surface area contributed by atoms with Gasteiger partial charge in [-0.25, -0.2) is 0 Å². The predicted octanol–water partition coefficient (Wildman–Crippen LogP) is 4.40. The molecule has 0 aliphatic carbocycles. The van der Waals surface area contributed by atoms with Crippen LogP contribution >= 0.6 is 23.7 Å². The van der Waals surface area contributed by atoms with E-state index < -0.39 is 0 Å². The van der Waals surface area contributed by atoms with Gasteiger partial charge in [0.25, 0.3) is 0 Å². The fourth-order valence-electron chi connectivity index (χ4n) is 1.24. The highest BCUT2D eigenvalue weighted by Crippen LogP contribution is 2.07. The van der Waals surface area contributed by atoms with Gasteiger partial charge in [-0.2, -0.15) is 11.3 Å². The molecule has 0 N–H and O–H groups in total. The third-order valence-corrected chi connectivity index (χ3v) is 2.57. The third-order valence-electron chi connectivity index (χ3n) is 1.94. The van der Waals surface area contributed by atoms with Crippen LogP contribution in [0.15, 0.2) is 65.5 Å². The lowest BCUT2D eigenvalue weighted by molar-refractivity contribution is 1.41. The topological polar surface area (TPSA) is 12.9 Å². The predicted molar refractivity (Wildman–Crippen MR) is 73.3 cm³/mol. The van der Waals surface area contributed by atoms with Gasteiger partial charge in [-0.1, -0.05) is 36.4 Å². The molecule has 3 rings (SSSR count). The minimum Gasteiger partial charge on any atom is -0.256 e. The molecule has 0 spiro atoms. The van der Waals surface area contributed by atoms with Crippen LogP contribution in [0.1, 0.15) is 0 Å². The normalized spacial score (nSPS) is 8.75. The lowest BCUT2D eigenvalue weighted by Gasteiger charge is -1.91. The SMILES string of the molecule is Cl.c1ccc2ncccc2c1.c1ccsc1. The smallest absolute Gasteiger partial charge is 0.0701 e. The van der Waals surface area contributed by atoms with Crippen molar-refractivity contribution in [2.24, 2.45) is 0 Å². The second-order valence-electron chi connectivity index (χ2n) is 2.99. The number of hydrogen-bond acceptors (Lipinski definition) is 2. The van der Waals surface area contributed by atoms with Gasteiger partial charge in [0.2, 0.25) is 0 Å². The van der Waals surface area contributed by atoms with Crippen LogP contribution in [0, 0.1) is 0 Å². The lowest BCUT2D eigenvalue weighted by Crippen LogP contribution is -1.73. The Hall–Kier alpha value is -1.38. The van der Waals surface area contributed by atoms with Gasteiger partial charge in [0, 0.05) is 11.6 Å². The molecule has 0 atom stereocenters. The van der Waals surface area contributed by atoms with E-state index >= 15 is 0 Å². The number of fused-ring (bicyclic) bond motifs is 1. The molecule has 1 aromatic carbocycles. The first-order valence-electron chi connectivity index (χ1n) is 4.74. The van der Waals surface area contributed by atoms with Gasteiger partial charge in [-0.3, -0.25) is 4.98 Å². The zero-order valence-corrected chi connectivity index (χ0v) is 10.2. The third kappa shape index (κ3) is 3.65. The molecule has 1 nitrogen and oxygen atoms in total. The first kappa shape index (κ1) is 12.7. The molecule has 2 aromatic heterocycles. The van der Waals surface area contributed by atoms with E-state index in [9.17, 15) is 0 Å². The molecule has 0 amide bonds. The van der Waals surface area contributed by atoms with Crippen LogP contribution in [0.2, 0.25) is 0 Å². The fraction of sp³-hybridized carbons (Fsp3) is 0. The molecule has 0 saturated heterocycles. The van der Waals surface area contributed by atoms with Gasteiger partial charge < -0.3 is 0 Å². The first-order valence-corrected chi connectivity index (χ1v) is 5.68. The van der Waals surface area contributed by atoms with E-state index in [2.05, 4.69) is 17.1 Å². The number of halogens is 1. The van der Waals surface area contributed by atoms with Crippen molar-refractivity contribution in [1.82, 2.24) is 4.98 Å². The summed E-state index contributed by atoms with van der Waals surface area (Å²) >= 11 is 1.71. The van der Waals surface area contributed by atoms with E-state index in [1.54, 1.807) is 11.3 Å². The maximum atomic E-state index is 4.18. The van der Waals surface area contributed by atoms with Gasteiger partial charge in [-0.15, -0.1) is 12.4 Å². The number of benzene rings is 1. The van der Waals surface area contributed by atoms with Crippen molar-refractivity contribution in [1.29, 1.82) is 0 Å².